The van der Waals surface area contributed by atoms with Gasteiger partial charge in [-0.1, -0.05) is 113 Å². The molecule has 0 aliphatic carbocycles. The Bertz CT molecular complexity index is 403. The lowest BCUT2D eigenvalue weighted by molar-refractivity contribution is 0.457. The molecule has 0 nitrogen and oxygen atoms in total. The maximum Gasteiger partial charge on any atom is -0.00679 e. The zero-order chi connectivity index (χ0) is 24.1. The van der Waals surface area contributed by atoms with Crippen LogP contribution in [0.25, 0.3) is 0 Å². The summed E-state index contributed by atoms with van der Waals surface area (Å²) in [5, 5.41) is 0. The third kappa shape index (κ3) is 35.0. The third-order valence-electron chi connectivity index (χ3n) is 4.66. The second-order valence-corrected chi connectivity index (χ2v) is 11.8. The number of hydrogen-bond acceptors (Lipinski definition) is 1. The van der Waals surface area contributed by atoms with Crippen molar-refractivity contribution in [2.45, 2.75) is 102 Å². The van der Waals surface area contributed by atoms with Crippen molar-refractivity contribution < 1.29 is 0 Å². The Hall–Kier alpha value is -0.430. The molecule has 0 heterocycles. The largest absolute Gasteiger partial charge is 0.165 e. The highest BCUT2D eigenvalue weighted by molar-refractivity contribution is 7.98. The van der Waals surface area contributed by atoms with Gasteiger partial charge in [-0.05, 0) is 72.3 Å². The summed E-state index contributed by atoms with van der Waals surface area (Å²) >= 11 is 1.93. The maximum atomic E-state index is 2.26. The van der Waals surface area contributed by atoms with Crippen LogP contribution in [0, 0.1) is 35.5 Å². The van der Waals surface area contributed by atoms with E-state index in [1.165, 1.54) is 30.6 Å². The molecule has 0 amide bonds. The smallest absolute Gasteiger partial charge is 0.00679 e. The Balaban J connectivity index is -0.000000332. The summed E-state index contributed by atoms with van der Waals surface area (Å²) < 4.78 is 0. The Labute approximate surface area is 197 Å². The average molecular weight is 439 g/mol. The van der Waals surface area contributed by atoms with Gasteiger partial charge >= 0.3 is 0 Å². The van der Waals surface area contributed by atoms with Crippen molar-refractivity contribution in [3.8, 4) is 0 Å². The molecule has 0 atom stereocenters. The number of rotatable bonds is 8. The molecule has 1 rings (SSSR count). The summed E-state index contributed by atoms with van der Waals surface area (Å²) in [5.74, 6) is 6.42. The minimum atomic E-state index is 0.766. The van der Waals surface area contributed by atoms with Crippen LogP contribution < -0.4 is 0 Å². The summed E-state index contributed by atoms with van der Waals surface area (Å²) in [6.45, 7) is 27.0. The molecule has 1 heteroatoms. The molecular formula is C29H58S. The van der Waals surface area contributed by atoms with E-state index in [1.54, 1.807) is 0 Å². The molecule has 1 aromatic carbocycles. The van der Waals surface area contributed by atoms with Crippen LogP contribution >= 0.6 is 11.8 Å². The van der Waals surface area contributed by atoms with E-state index in [0.717, 1.165) is 35.5 Å². The maximum absolute atomic E-state index is 2.26. The second-order valence-electron chi connectivity index (χ2n) is 10.8. The Morgan fingerprint density at radius 3 is 1.23 bits per heavy atom. The Kier molecular flexibility index (Phi) is 26.5. The van der Waals surface area contributed by atoms with Crippen molar-refractivity contribution >= 4 is 11.8 Å². The van der Waals surface area contributed by atoms with E-state index in [1.807, 2.05) is 11.8 Å². The summed E-state index contributed by atoms with van der Waals surface area (Å²) in [5.41, 5.74) is 1.44. The van der Waals surface area contributed by atoms with Gasteiger partial charge in [-0.15, -0.1) is 0 Å². The molecule has 0 saturated carbocycles. The topological polar surface area (TPSA) is 0 Å². The fourth-order valence-electron chi connectivity index (χ4n) is 2.38. The fourth-order valence-corrected chi connectivity index (χ4v) is 3.09. The molecule has 0 radical (unpaired) electrons. The highest BCUT2D eigenvalue weighted by Crippen LogP contribution is 2.08. The van der Waals surface area contributed by atoms with Crippen LogP contribution in [-0.4, -0.2) is 12.0 Å². The first kappa shape index (κ1) is 34.2. The monoisotopic (exact) mass is 438 g/mol. The quantitative estimate of drug-likeness (QED) is 0.389. The van der Waals surface area contributed by atoms with Gasteiger partial charge < -0.3 is 0 Å². The Morgan fingerprint density at radius 2 is 1.03 bits per heavy atom. The molecule has 180 valence electrons. The first-order chi connectivity index (χ1) is 13.8. The third-order valence-corrected chi connectivity index (χ3v) is 5.31. The van der Waals surface area contributed by atoms with E-state index < -0.39 is 0 Å². The van der Waals surface area contributed by atoms with Gasteiger partial charge in [0.15, 0.2) is 0 Å². The molecule has 0 bridgehead atoms. The van der Waals surface area contributed by atoms with E-state index in [9.17, 15) is 0 Å². The minimum absolute atomic E-state index is 0.766. The van der Waals surface area contributed by atoms with E-state index in [4.69, 9.17) is 0 Å². The van der Waals surface area contributed by atoms with Crippen LogP contribution in [0.2, 0.25) is 0 Å². The lowest BCUT2D eigenvalue weighted by atomic mass is 10.0. The van der Waals surface area contributed by atoms with Crippen LogP contribution in [0.15, 0.2) is 30.3 Å². The van der Waals surface area contributed by atoms with Gasteiger partial charge in [0, 0.05) is 0 Å². The van der Waals surface area contributed by atoms with E-state index in [-0.39, 0.29) is 0 Å². The highest BCUT2D eigenvalue weighted by atomic mass is 32.2. The summed E-state index contributed by atoms with van der Waals surface area (Å²) in [7, 11) is 0. The lowest BCUT2D eigenvalue weighted by Gasteiger charge is -2.05. The summed E-state index contributed by atoms with van der Waals surface area (Å²) in [6, 6.07) is 10.6. The van der Waals surface area contributed by atoms with Gasteiger partial charge in [0.2, 0.25) is 0 Å². The van der Waals surface area contributed by atoms with Crippen molar-refractivity contribution in [1.29, 1.82) is 0 Å². The molecule has 1 aromatic rings. The molecule has 0 aromatic heterocycles. The highest BCUT2D eigenvalue weighted by Gasteiger charge is 1.96. The molecule has 0 N–H and O–H groups in total. The summed E-state index contributed by atoms with van der Waals surface area (Å²) in [6.07, 6.45) is 6.07. The molecule has 30 heavy (non-hydrogen) atoms. The molecule has 0 unspecified atom stereocenters. The van der Waals surface area contributed by atoms with E-state index in [0.29, 0.717) is 0 Å². The lowest BCUT2D eigenvalue weighted by Crippen LogP contribution is -1.95. The minimum Gasteiger partial charge on any atom is -0.165 e. The van der Waals surface area contributed by atoms with Crippen molar-refractivity contribution in [2.24, 2.45) is 35.5 Å². The second kappa shape index (κ2) is 23.2. The number of hydrogen-bond donors (Lipinski definition) is 0. The first-order valence-electron chi connectivity index (χ1n) is 12.4. The first-order valence-corrected chi connectivity index (χ1v) is 13.7. The van der Waals surface area contributed by atoms with Crippen LogP contribution in [0.4, 0.5) is 0 Å². The van der Waals surface area contributed by atoms with Gasteiger partial charge in [-0.2, -0.15) is 11.8 Å². The number of benzene rings is 1. The van der Waals surface area contributed by atoms with E-state index >= 15 is 0 Å². The molecule has 0 spiro atoms. The van der Waals surface area contributed by atoms with Crippen LogP contribution in [0.3, 0.4) is 0 Å². The van der Waals surface area contributed by atoms with Crippen LogP contribution in [0.1, 0.15) is 101 Å². The van der Waals surface area contributed by atoms with Crippen LogP contribution in [0.5, 0.6) is 0 Å². The van der Waals surface area contributed by atoms with Gasteiger partial charge in [-0.25, -0.2) is 0 Å². The molecule has 0 aliphatic heterocycles. The average Bonchev–Trinajstić information content (AvgIpc) is 2.60. The van der Waals surface area contributed by atoms with Crippen molar-refractivity contribution in [3.63, 3.8) is 0 Å². The molecule has 0 aliphatic rings. The molecule has 0 fully saturated rings. The van der Waals surface area contributed by atoms with Crippen molar-refractivity contribution in [3.05, 3.63) is 35.9 Å². The van der Waals surface area contributed by atoms with Crippen molar-refractivity contribution in [2.75, 3.05) is 12.0 Å². The molecule has 0 saturated heterocycles. The van der Waals surface area contributed by atoms with Crippen LogP contribution in [-0.2, 0) is 6.42 Å². The number of thioether (sulfide) groups is 1. The van der Waals surface area contributed by atoms with E-state index in [2.05, 4.69) is 120 Å². The van der Waals surface area contributed by atoms with Gasteiger partial charge in [-0.3, -0.25) is 0 Å². The SMILES string of the molecule is CC(C)C(C)C.CC(C)CC(C)C.CC(C)Cc1ccccc1.CSCCC(C)C. The summed E-state index contributed by atoms with van der Waals surface area (Å²) in [4.78, 5) is 0. The predicted octanol–water partition coefficient (Wildman–Crippen LogP) is 10.3. The van der Waals surface area contributed by atoms with Gasteiger partial charge in [0.1, 0.15) is 0 Å². The van der Waals surface area contributed by atoms with Gasteiger partial charge in [0.05, 0.1) is 0 Å². The van der Waals surface area contributed by atoms with Crippen molar-refractivity contribution in [1.82, 2.24) is 0 Å². The molecular weight excluding hydrogens is 380 g/mol. The predicted molar refractivity (Wildman–Crippen MR) is 147 cm³/mol. The zero-order valence-electron chi connectivity index (χ0n) is 23.1. The standard InChI is InChI=1S/C10H14.C7H16.C6H14S.C6H14/c1-9(2)8-10-6-4-3-5-7-10;1-6(2)5-7(3)4;1-6(2)4-5-7-3;1-5(2)6(3)4/h3-7,9H,8H2,1-2H3;6-7H,5H2,1-4H3;6H,4-5H2,1-3H3;5-6H,1-4H3. The zero-order valence-corrected chi connectivity index (χ0v) is 23.9. The van der Waals surface area contributed by atoms with Gasteiger partial charge in [0.25, 0.3) is 0 Å². The normalized spacial score (nSPS) is 10.6. The Morgan fingerprint density at radius 1 is 0.600 bits per heavy atom. The fraction of sp³-hybridized carbons (Fsp3) is 0.793.